The number of nitrogens with one attached hydrogen (secondary N) is 1. The smallest absolute Gasteiger partial charge is 0.238 e. The quantitative estimate of drug-likeness (QED) is 0.759. The average Bonchev–Trinajstić information content (AvgIpc) is 2.41. The van der Waals surface area contributed by atoms with E-state index >= 15 is 0 Å². The van der Waals surface area contributed by atoms with Crippen LogP contribution in [0.25, 0.3) is 0 Å². The Kier molecular flexibility index (Phi) is 5.14. The summed E-state index contributed by atoms with van der Waals surface area (Å²) in [4.78, 5) is 12.3. The molecule has 0 aromatic heterocycles. The molecule has 5 N–H and O–H groups in total. The van der Waals surface area contributed by atoms with Gasteiger partial charge in [0.15, 0.2) is 0 Å². The molecule has 21 heavy (non-hydrogen) atoms. The molecule has 0 aliphatic rings. The molecule has 1 aromatic carbocycles. The number of hydrogen-bond acceptors (Lipinski definition) is 4. The van der Waals surface area contributed by atoms with Crippen molar-refractivity contribution in [2.75, 3.05) is 11.9 Å². The highest BCUT2D eigenvalue weighted by Crippen LogP contribution is 2.27. The van der Waals surface area contributed by atoms with Crippen molar-refractivity contribution in [1.29, 1.82) is 0 Å². The molecule has 0 spiro atoms. The van der Waals surface area contributed by atoms with E-state index in [2.05, 4.69) is 5.32 Å². The van der Waals surface area contributed by atoms with Gasteiger partial charge in [-0.05, 0) is 50.5 Å². The van der Waals surface area contributed by atoms with Gasteiger partial charge in [0.2, 0.25) is 15.9 Å². The first-order valence-electron chi connectivity index (χ1n) is 6.70. The number of sulfonamides is 1. The minimum atomic E-state index is -3.82. The van der Waals surface area contributed by atoms with Crippen LogP contribution in [0.4, 0.5) is 5.69 Å². The summed E-state index contributed by atoms with van der Waals surface area (Å²) < 4.78 is 23.0. The van der Waals surface area contributed by atoms with E-state index in [1.54, 1.807) is 13.8 Å². The van der Waals surface area contributed by atoms with Gasteiger partial charge in [-0.25, -0.2) is 13.6 Å². The lowest BCUT2D eigenvalue weighted by molar-refractivity contribution is -0.124. The summed E-state index contributed by atoms with van der Waals surface area (Å²) in [5.41, 5.74) is 6.94. The lowest BCUT2D eigenvalue weighted by atomic mass is 9.86. The average molecular weight is 313 g/mol. The first-order chi connectivity index (χ1) is 9.55. The molecule has 0 bridgehead atoms. The number of anilines is 1. The van der Waals surface area contributed by atoms with E-state index in [0.717, 1.165) is 11.1 Å². The second-order valence-corrected chi connectivity index (χ2v) is 7.09. The van der Waals surface area contributed by atoms with Crippen molar-refractivity contribution in [3.63, 3.8) is 0 Å². The summed E-state index contributed by atoms with van der Waals surface area (Å²) in [6.07, 6.45) is 0.586. The van der Waals surface area contributed by atoms with Gasteiger partial charge in [-0.2, -0.15) is 0 Å². The topological polar surface area (TPSA) is 115 Å². The first-order valence-corrected chi connectivity index (χ1v) is 8.25. The van der Waals surface area contributed by atoms with Gasteiger partial charge in [-0.3, -0.25) is 4.79 Å². The van der Waals surface area contributed by atoms with Crippen LogP contribution < -0.4 is 16.2 Å². The number of aryl methyl sites for hydroxylation is 1. The molecular formula is C14H23N3O3S. The molecule has 1 rings (SSSR count). The monoisotopic (exact) mass is 313 g/mol. The van der Waals surface area contributed by atoms with Gasteiger partial charge in [-0.1, -0.05) is 6.92 Å². The number of amides is 1. The molecule has 0 heterocycles. The number of carbonyl (C=O) groups excluding carboxylic acids is 1. The lowest BCUT2D eigenvalue weighted by Gasteiger charge is -2.25. The van der Waals surface area contributed by atoms with Crippen LogP contribution in [0.5, 0.6) is 0 Å². The predicted octanol–water partition coefficient (Wildman–Crippen LogP) is 1.26. The summed E-state index contributed by atoms with van der Waals surface area (Å²) in [6, 6.07) is 2.87. The van der Waals surface area contributed by atoms with Crippen LogP contribution in [-0.4, -0.2) is 20.9 Å². The molecule has 1 aromatic rings. The Labute approximate surface area is 126 Å². The summed E-state index contributed by atoms with van der Waals surface area (Å²) in [7, 11) is -3.82. The zero-order chi connectivity index (χ0) is 16.4. The van der Waals surface area contributed by atoms with E-state index in [-0.39, 0.29) is 17.3 Å². The number of carbonyl (C=O) groups is 1. The predicted molar refractivity (Wildman–Crippen MR) is 83.4 cm³/mol. The standard InChI is InChI=1S/C14H23N3O3S/c1-5-14(4,8-15)13(18)17-12-7-11(21(16,19)20)6-9(2)10(12)3/h6-7H,5,8,15H2,1-4H3,(H,17,18)(H2,16,19,20). The van der Waals surface area contributed by atoms with Crippen molar-refractivity contribution in [3.8, 4) is 0 Å². The van der Waals surface area contributed by atoms with Crippen LogP contribution >= 0.6 is 0 Å². The molecule has 1 atom stereocenters. The summed E-state index contributed by atoms with van der Waals surface area (Å²) in [5.74, 6) is -0.235. The van der Waals surface area contributed by atoms with Crippen LogP contribution in [0, 0.1) is 19.3 Å². The Balaban J connectivity index is 3.26. The van der Waals surface area contributed by atoms with E-state index in [1.165, 1.54) is 12.1 Å². The zero-order valence-corrected chi connectivity index (χ0v) is 13.7. The molecular weight excluding hydrogens is 290 g/mol. The Morgan fingerprint density at radius 2 is 1.90 bits per heavy atom. The molecule has 0 fully saturated rings. The highest BCUT2D eigenvalue weighted by molar-refractivity contribution is 7.89. The van der Waals surface area contributed by atoms with Gasteiger partial charge >= 0.3 is 0 Å². The largest absolute Gasteiger partial charge is 0.329 e. The van der Waals surface area contributed by atoms with Crippen LogP contribution in [0.1, 0.15) is 31.4 Å². The summed E-state index contributed by atoms with van der Waals surface area (Å²) >= 11 is 0. The van der Waals surface area contributed by atoms with E-state index < -0.39 is 15.4 Å². The normalized spacial score (nSPS) is 14.6. The van der Waals surface area contributed by atoms with Crippen molar-refractivity contribution in [2.45, 2.75) is 39.0 Å². The maximum absolute atomic E-state index is 12.3. The third kappa shape index (κ3) is 3.81. The van der Waals surface area contributed by atoms with Gasteiger partial charge in [0.05, 0.1) is 10.3 Å². The maximum Gasteiger partial charge on any atom is 0.238 e. The van der Waals surface area contributed by atoms with Gasteiger partial charge in [0.25, 0.3) is 0 Å². The van der Waals surface area contributed by atoms with Crippen LogP contribution in [0.2, 0.25) is 0 Å². The highest BCUT2D eigenvalue weighted by Gasteiger charge is 2.30. The molecule has 1 unspecified atom stereocenters. The number of nitrogens with two attached hydrogens (primary N) is 2. The second-order valence-electron chi connectivity index (χ2n) is 5.53. The van der Waals surface area contributed by atoms with Crippen molar-refractivity contribution in [2.24, 2.45) is 16.3 Å². The third-order valence-corrected chi connectivity index (χ3v) is 4.89. The molecule has 0 aliphatic carbocycles. The van der Waals surface area contributed by atoms with Crippen molar-refractivity contribution >= 4 is 21.6 Å². The van der Waals surface area contributed by atoms with Gasteiger partial charge in [-0.15, -0.1) is 0 Å². The van der Waals surface area contributed by atoms with E-state index in [4.69, 9.17) is 10.9 Å². The zero-order valence-electron chi connectivity index (χ0n) is 12.9. The molecule has 0 saturated carbocycles. The Hall–Kier alpha value is -1.44. The minimum absolute atomic E-state index is 0.0214. The third-order valence-electron chi connectivity index (χ3n) is 4.00. The molecule has 6 nitrogen and oxygen atoms in total. The van der Waals surface area contributed by atoms with Crippen molar-refractivity contribution < 1.29 is 13.2 Å². The van der Waals surface area contributed by atoms with Gasteiger partial charge < -0.3 is 11.1 Å². The van der Waals surface area contributed by atoms with Gasteiger partial charge in [0, 0.05) is 12.2 Å². The molecule has 7 heteroatoms. The fraction of sp³-hybridized carbons (Fsp3) is 0.500. The summed E-state index contributed by atoms with van der Waals surface area (Å²) in [5, 5.41) is 7.92. The number of primary sulfonamides is 1. The van der Waals surface area contributed by atoms with Crippen molar-refractivity contribution in [3.05, 3.63) is 23.3 Å². The fourth-order valence-electron chi connectivity index (χ4n) is 1.79. The summed E-state index contributed by atoms with van der Waals surface area (Å²) in [6.45, 7) is 7.44. The lowest BCUT2D eigenvalue weighted by Crippen LogP contribution is -2.39. The minimum Gasteiger partial charge on any atom is -0.329 e. The number of rotatable bonds is 5. The highest BCUT2D eigenvalue weighted by atomic mass is 32.2. The molecule has 1 amide bonds. The van der Waals surface area contributed by atoms with Crippen LogP contribution in [-0.2, 0) is 14.8 Å². The van der Waals surface area contributed by atoms with Crippen molar-refractivity contribution in [1.82, 2.24) is 0 Å². The fourth-order valence-corrected chi connectivity index (χ4v) is 2.41. The van der Waals surface area contributed by atoms with E-state index in [9.17, 15) is 13.2 Å². The Morgan fingerprint density at radius 3 is 2.33 bits per heavy atom. The van der Waals surface area contributed by atoms with Crippen LogP contribution in [0.3, 0.4) is 0 Å². The first kappa shape index (κ1) is 17.6. The number of hydrogen-bond donors (Lipinski definition) is 3. The maximum atomic E-state index is 12.3. The molecule has 0 saturated heterocycles. The number of benzene rings is 1. The van der Waals surface area contributed by atoms with E-state index in [1.807, 2.05) is 13.8 Å². The van der Waals surface area contributed by atoms with Gasteiger partial charge in [0.1, 0.15) is 0 Å². The molecule has 0 aliphatic heterocycles. The Morgan fingerprint density at radius 1 is 1.33 bits per heavy atom. The van der Waals surface area contributed by atoms with E-state index in [0.29, 0.717) is 12.1 Å². The SMILES string of the molecule is CCC(C)(CN)C(=O)Nc1cc(S(N)(=O)=O)cc(C)c1C. The molecule has 118 valence electrons. The van der Waals surface area contributed by atoms with Crippen LogP contribution in [0.15, 0.2) is 17.0 Å². The Bertz CT molecular complexity index is 650. The molecule has 0 radical (unpaired) electrons. The second kappa shape index (κ2) is 6.13.